The van der Waals surface area contributed by atoms with Crippen LogP contribution in [-0.2, 0) is 24.2 Å². The number of carbonyl (C=O) groups is 1. The number of fused-ring (bicyclic) bond motifs is 1. The van der Waals surface area contributed by atoms with E-state index >= 15 is 0 Å². The van der Waals surface area contributed by atoms with Gasteiger partial charge in [-0.15, -0.1) is 0 Å². The molecule has 2 heterocycles. The number of anilines is 1. The van der Waals surface area contributed by atoms with E-state index in [1.165, 1.54) is 30.6 Å². The van der Waals surface area contributed by atoms with E-state index in [4.69, 9.17) is 29.8 Å². The number of carboxylic acids is 1. The molecule has 0 radical (unpaired) electrons. The lowest BCUT2D eigenvalue weighted by molar-refractivity contribution is 0.0106. The van der Waals surface area contributed by atoms with Crippen molar-refractivity contribution < 1.29 is 37.3 Å². The first-order valence-electron chi connectivity index (χ1n) is 13.7. The molecule has 4 aromatic rings. The number of nitrogens with zero attached hydrogens (tertiary/aromatic N) is 2. The number of para-hydroxylation sites is 2. The standard InChI is InChI=1S/C31H32N4O8S/c32-13-15-40-16-17-41-18-19-42-20-21-43-28-12-14-33-30-25(28)5-3-7-29(30)44(38,39)35-26-6-2-1-4-24(26)10-8-23-9-11-27(31(36)37)34-22-23/h1-7,9,11-12,14,22,35H,13,15-21,32H2,(H,36,37). The number of rotatable bonds is 16. The summed E-state index contributed by atoms with van der Waals surface area (Å²) in [5, 5.41) is 9.55. The second kappa shape index (κ2) is 16.3. The topological polar surface area (TPSA) is 172 Å². The first kappa shape index (κ1) is 32.3. The minimum atomic E-state index is -4.09. The van der Waals surface area contributed by atoms with E-state index in [9.17, 15) is 13.2 Å². The van der Waals surface area contributed by atoms with Gasteiger partial charge in [0.2, 0.25) is 0 Å². The minimum Gasteiger partial charge on any atom is -0.490 e. The summed E-state index contributed by atoms with van der Waals surface area (Å²) in [7, 11) is -4.09. The number of pyridine rings is 2. The van der Waals surface area contributed by atoms with E-state index in [0.29, 0.717) is 68.4 Å². The molecular weight excluding hydrogens is 588 g/mol. The van der Waals surface area contributed by atoms with Crippen LogP contribution < -0.4 is 15.2 Å². The quantitative estimate of drug-likeness (QED) is 0.124. The molecule has 2 aromatic heterocycles. The van der Waals surface area contributed by atoms with Crippen molar-refractivity contribution in [2.24, 2.45) is 5.73 Å². The van der Waals surface area contributed by atoms with Gasteiger partial charge >= 0.3 is 5.97 Å². The van der Waals surface area contributed by atoms with Gasteiger partial charge in [0, 0.05) is 35.5 Å². The lowest BCUT2D eigenvalue weighted by atomic mass is 10.1. The number of ether oxygens (including phenoxy) is 4. The third-order valence-corrected chi connectivity index (χ3v) is 7.37. The Morgan fingerprint density at radius 3 is 2.27 bits per heavy atom. The number of aromatic carboxylic acids is 1. The van der Waals surface area contributed by atoms with Gasteiger partial charge in [0.25, 0.3) is 10.0 Å². The molecule has 230 valence electrons. The van der Waals surface area contributed by atoms with Crippen LogP contribution >= 0.6 is 0 Å². The summed E-state index contributed by atoms with van der Waals surface area (Å²) in [5.41, 5.74) is 6.66. The molecule has 12 nitrogen and oxygen atoms in total. The molecular formula is C31H32N4O8S. The van der Waals surface area contributed by atoms with Crippen LogP contribution in [0, 0.1) is 11.8 Å². The van der Waals surface area contributed by atoms with Gasteiger partial charge in [0.1, 0.15) is 22.9 Å². The van der Waals surface area contributed by atoms with Gasteiger partial charge in [-0.05, 0) is 42.5 Å². The highest BCUT2D eigenvalue weighted by Crippen LogP contribution is 2.30. The van der Waals surface area contributed by atoms with Crippen molar-refractivity contribution in [2.75, 3.05) is 57.5 Å². The van der Waals surface area contributed by atoms with E-state index < -0.39 is 16.0 Å². The first-order valence-corrected chi connectivity index (χ1v) is 15.1. The fraction of sp³-hybridized carbons (Fsp3) is 0.258. The van der Waals surface area contributed by atoms with Crippen LogP contribution in [0.1, 0.15) is 21.6 Å². The molecule has 2 aromatic carbocycles. The van der Waals surface area contributed by atoms with Gasteiger partial charge in [-0.2, -0.15) is 0 Å². The van der Waals surface area contributed by atoms with Gasteiger partial charge in [-0.1, -0.05) is 30.0 Å². The highest BCUT2D eigenvalue weighted by molar-refractivity contribution is 7.93. The largest absolute Gasteiger partial charge is 0.490 e. The fourth-order valence-electron chi connectivity index (χ4n) is 3.92. The molecule has 0 bridgehead atoms. The minimum absolute atomic E-state index is 0.0273. The SMILES string of the molecule is NCCOCCOCCOCCOc1ccnc2c(S(=O)(=O)Nc3ccccc3C#Cc3ccc(C(=O)O)nc3)cccc12. The summed E-state index contributed by atoms with van der Waals surface area (Å²) in [6.07, 6.45) is 2.83. The van der Waals surface area contributed by atoms with Crippen molar-refractivity contribution in [1.29, 1.82) is 0 Å². The summed E-state index contributed by atoms with van der Waals surface area (Å²) < 4.78 is 51.8. The second-order valence-electron chi connectivity index (χ2n) is 9.07. The van der Waals surface area contributed by atoms with Crippen LogP contribution in [0.3, 0.4) is 0 Å². The van der Waals surface area contributed by atoms with Crippen LogP contribution in [0.5, 0.6) is 5.75 Å². The maximum absolute atomic E-state index is 13.6. The molecule has 0 saturated heterocycles. The highest BCUT2D eigenvalue weighted by Gasteiger charge is 2.21. The number of nitrogens with one attached hydrogen (secondary N) is 1. The zero-order chi connectivity index (χ0) is 31.2. The van der Waals surface area contributed by atoms with Gasteiger partial charge in [-0.3, -0.25) is 9.71 Å². The third-order valence-electron chi connectivity index (χ3n) is 5.97. The van der Waals surface area contributed by atoms with Crippen molar-refractivity contribution >= 4 is 32.6 Å². The lowest BCUT2D eigenvalue weighted by Crippen LogP contribution is -2.15. The Kier molecular flexibility index (Phi) is 12.0. The van der Waals surface area contributed by atoms with E-state index in [2.05, 4.69) is 26.5 Å². The van der Waals surface area contributed by atoms with Crippen LogP contribution in [0.2, 0.25) is 0 Å². The summed E-state index contributed by atoms with van der Waals surface area (Å²) in [4.78, 5) is 19.2. The maximum Gasteiger partial charge on any atom is 0.354 e. The highest BCUT2D eigenvalue weighted by atomic mass is 32.2. The number of hydrogen-bond donors (Lipinski definition) is 3. The number of benzene rings is 2. The number of aromatic nitrogens is 2. The lowest BCUT2D eigenvalue weighted by Gasteiger charge is -2.13. The van der Waals surface area contributed by atoms with E-state index in [1.807, 2.05) is 0 Å². The van der Waals surface area contributed by atoms with Crippen LogP contribution in [0.25, 0.3) is 10.9 Å². The molecule has 0 spiro atoms. The zero-order valence-electron chi connectivity index (χ0n) is 23.8. The first-order chi connectivity index (χ1) is 21.4. The van der Waals surface area contributed by atoms with Crippen molar-refractivity contribution in [3.05, 3.63) is 89.9 Å². The molecule has 4 rings (SSSR count). The van der Waals surface area contributed by atoms with Crippen LogP contribution in [-0.4, -0.2) is 82.3 Å². The Balaban J connectivity index is 1.40. The molecule has 44 heavy (non-hydrogen) atoms. The van der Waals surface area contributed by atoms with Crippen LogP contribution in [0.4, 0.5) is 5.69 Å². The predicted molar refractivity (Wildman–Crippen MR) is 163 cm³/mol. The average Bonchev–Trinajstić information content (AvgIpc) is 3.03. The second-order valence-corrected chi connectivity index (χ2v) is 10.7. The van der Waals surface area contributed by atoms with Gasteiger partial charge in [0.15, 0.2) is 0 Å². The zero-order valence-corrected chi connectivity index (χ0v) is 24.6. The van der Waals surface area contributed by atoms with Gasteiger partial charge in [0.05, 0.1) is 50.8 Å². The van der Waals surface area contributed by atoms with Gasteiger partial charge in [-0.25, -0.2) is 18.2 Å². The van der Waals surface area contributed by atoms with E-state index in [1.54, 1.807) is 42.5 Å². The number of nitrogens with two attached hydrogens (primary N) is 1. The molecule has 0 aliphatic rings. The van der Waals surface area contributed by atoms with E-state index in [0.717, 1.165) is 0 Å². The summed E-state index contributed by atoms with van der Waals surface area (Å²) in [6, 6.07) is 16.1. The van der Waals surface area contributed by atoms with Crippen molar-refractivity contribution in [3.8, 4) is 17.6 Å². The Labute approximate surface area is 255 Å². The monoisotopic (exact) mass is 620 g/mol. The molecule has 4 N–H and O–H groups in total. The van der Waals surface area contributed by atoms with Crippen LogP contribution in [0.15, 0.2) is 78.0 Å². The molecule has 0 saturated carbocycles. The molecule has 0 atom stereocenters. The summed E-state index contributed by atoms with van der Waals surface area (Å²) in [6.45, 7) is 3.29. The smallest absolute Gasteiger partial charge is 0.354 e. The normalized spacial score (nSPS) is 11.1. The fourth-order valence-corrected chi connectivity index (χ4v) is 5.17. The molecule has 13 heteroatoms. The molecule has 0 aliphatic carbocycles. The Hall–Kier alpha value is -4.58. The van der Waals surface area contributed by atoms with E-state index in [-0.39, 0.29) is 28.4 Å². The number of carboxylic acid groups (broad SMARTS) is 1. The number of hydrogen-bond acceptors (Lipinski definition) is 10. The molecule has 0 fully saturated rings. The average molecular weight is 621 g/mol. The predicted octanol–water partition coefficient (Wildman–Crippen LogP) is 2.92. The maximum atomic E-state index is 13.6. The van der Waals surface area contributed by atoms with Crippen molar-refractivity contribution in [1.82, 2.24) is 9.97 Å². The molecule has 0 aliphatic heterocycles. The molecule has 0 unspecified atom stereocenters. The summed E-state index contributed by atoms with van der Waals surface area (Å²) in [5.74, 6) is 5.14. The van der Waals surface area contributed by atoms with Crippen molar-refractivity contribution in [3.63, 3.8) is 0 Å². The molecule has 0 amide bonds. The Morgan fingerprint density at radius 2 is 1.57 bits per heavy atom. The van der Waals surface area contributed by atoms with Crippen molar-refractivity contribution in [2.45, 2.75) is 4.90 Å². The van der Waals surface area contributed by atoms with Gasteiger partial charge < -0.3 is 29.8 Å². The third kappa shape index (κ3) is 9.21. The Morgan fingerprint density at radius 1 is 0.841 bits per heavy atom. The number of sulfonamides is 1. The Bertz CT molecular complexity index is 1720. The summed E-state index contributed by atoms with van der Waals surface area (Å²) >= 11 is 0.